The molecule has 2 saturated heterocycles. The summed E-state index contributed by atoms with van der Waals surface area (Å²) in [5, 5.41) is 13.1. The number of hydrogen-bond donors (Lipinski definition) is 2. The molecule has 9 nitrogen and oxygen atoms in total. The van der Waals surface area contributed by atoms with Gasteiger partial charge in [0, 0.05) is 50.3 Å². The number of carboxylic acids is 1. The van der Waals surface area contributed by atoms with Crippen LogP contribution in [-0.2, 0) is 25.9 Å². The fourth-order valence-electron chi connectivity index (χ4n) is 11.3. The highest BCUT2D eigenvalue weighted by Crippen LogP contribution is 2.83. The molecular formula is C37H41F3N4O5. The van der Waals surface area contributed by atoms with Crippen molar-refractivity contribution in [3.05, 3.63) is 52.9 Å². The van der Waals surface area contributed by atoms with Crippen LogP contribution in [-0.4, -0.2) is 65.5 Å². The van der Waals surface area contributed by atoms with E-state index in [4.69, 9.17) is 9.47 Å². The lowest BCUT2D eigenvalue weighted by molar-refractivity contribution is -0.209. The minimum Gasteiger partial charge on any atom is -0.479 e. The molecule has 3 aliphatic heterocycles. The monoisotopic (exact) mass is 678 g/mol. The van der Waals surface area contributed by atoms with E-state index in [9.17, 15) is 27.9 Å². The Labute approximate surface area is 282 Å². The van der Waals surface area contributed by atoms with Gasteiger partial charge in [-0.25, -0.2) is 14.8 Å². The minimum absolute atomic E-state index is 0.0761. The third-order valence-electron chi connectivity index (χ3n) is 13.7. The molecule has 7 aliphatic rings. The Morgan fingerprint density at radius 1 is 1.04 bits per heavy atom. The van der Waals surface area contributed by atoms with Crippen molar-refractivity contribution in [1.82, 2.24) is 15.3 Å². The second kappa shape index (κ2) is 11.0. The van der Waals surface area contributed by atoms with Crippen molar-refractivity contribution in [1.29, 1.82) is 0 Å². The Bertz CT molecular complexity index is 1740. The standard InChI is InChI=1S/C37H41F3N4O5/c38-37(39,40)30-26(31(45)43-36(32(46)47)25-16-23-15-24-17-29(36)35(23,24)18-25)19-41-33(42-30)44-20-34(8-12-49-13-9-34)27-14-22(4-5-28(27)44)3-1-2-21-6-10-48-11-7-21/h1,3-5,14,19,21,23-25,29H,2,6-13,15-18,20H2,(H,43,45)(H,46,47)/b3-1+. The first-order valence-corrected chi connectivity index (χ1v) is 17.8. The predicted molar refractivity (Wildman–Crippen MR) is 172 cm³/mol. The maximum atomic E-state index is 14.7. The number of ether oxygens (including phenoxy) is 2. The van der Waals surface area contributed by atoms with Crippen LogP contribution in [0, 0.1) is 35.0 Å². The highest BCUT2D eigenvalue weighted by molar-refractivity contribution is 5.99. The Morgan fingerprint density at radius 2 is 1.78 bits per heavy atom. The molecule has 1 aromatic heterocycles. The van der Waals surface area contributed by atoms with Gasteiger partial charge >= 0.3 is 12.1 Å². The third-order valence-corrected chi connectivity index (χ3v) is 13.7. The molecule has 2 bridgehead atoms. The lowest BCUT2D eigenvalue weighted by atomic mass is 9.36. The summed E-state index contributed by atoms with van der Waals surface area (Å²) in [5.41, 5.74) is -1.27. The number of carbonyl (C=O) groups is 2. The molecule has 4 heterocycles. The van der Waals surface area contributed by atoms with Crippen LogP contribution in [0.4, 0.5) is 24.8 Å². The van der Waals surface area contributed by atoms with E-state index in [1.807, 2.05) is 12.1 Å². The van der Waals surface area contributed by atoms with E-state index in [1.165, 1.54) is 0 Å². The summed E-state index contributed by atoms with van der Waals surface area (Å²) in [6, 6.07) is 6.02. The number of hydrogen-bond acceptors (Lipinski definition) is 7. The van der Waals surface area contributed by atoms with E-state index in [0.29, 0.717) is 63.2 Å². The van der Waals surface area contributed by atoms with Crippen molar-refractivity contribution >= 4 is 29.6 Å². The lowest BCUT2D eigenvalue weighted by Crippen LogP contribution is -2.73. The summed E-state index contributed by atoms with van der Waals surface area (Å²) in [6.07, 6.45) is 7.96. The van der Waals surface area contributed by atoms with E-state index in [0.717, 1.165) is 68.3 Å². The number of aromatic nitrogens is 2. The molecule has 1 amide bonds. The van der Waals surface area contributed by atoms with Gasteiger partial charge in [-0.2, -0.15) is 13.2 Å². The number of rotatable bonds is 7. The zero-order valence-electron chi connectivity index (χ0n) is 27.3. The largest absolute Gasteiger partial charge is 0.479 e. The van der Waals surface area contributed by atoms with Crippen LogP contribution in [0.5, 0.6) is 0 Å². The summed E-state index contributed by atoms with van der Waals surface area (Å²) in [5.74, 6) is -1.38. The first-order valence-electron chi connectivity index (χ1n) is 17.8. The zero-order valence-corrected chi connectivity index (χ0v) is 27.3. The van der Waals surface area contributed by atoms with Gasteiger partial charge < -0.3 is 24.8 Å². The molecular weight excluding hydrogens is 637 g/mol. The number of nitrogens with one attached hydrogen (secondary N) is 1. The number of carboxylic acid groups (broad SMARTS) is 1. The molecule has 9 rings (SSSR count). The van der Waals surface area contributed by atoms with Crippen LogP contribution in [0.2, 0.25) is 0 Å². The van der Waals surface area contributed by atoms with Crippen LogP contribution < -0.4 is 10.2 Å². The number of alkyl halides is 3. The maximum Gasteiger partial charge on any atom is 0.434 e. The van der Waals surface area contributed by atoms with Crippen LogP contribution in [0.15, 0.2) is 30.5 Å². The number of amides is 1. The van der Waals surface area contributed by atoms with Gasteiger partial charge in [0.1, 0.15) is 5.54 Å². The van der Waals surface area contributed by atoms with Gasteiger partial charge in [0.25, 0.3) is 5.91 Å². The molecule has 6 unspecified atom stereocenters. The number of fused-ring (bicyclic) bond motifs is 3. The zero-order chi connectivity index (χ0) is 33.8. The fourth-order valence-corrected chi connectivity index (χ4v) is 11.3. The first kappa shape index (κ1) is 31.5. The summed E-state index contributed by atoms with van der Waals surface area (Å²) in [4.78, 5) is 36.7. The molecule has 1 aromatic carbocycles. The van der Waals surface area contributed by atoms with Crippen molar-refractivity contribution < 1.29 is 37.3 Å². The highest BCUT2D eigenvalue weighted by atomic mass is 19.4. The topological polar surface area (TPSA) is 114 Å². The second-order valence-corrected chi connectivity index (χ2v) is 15.7. The van der Waals surface area contributed by atoms with E-state index in [-0.39, 0.29) is 28.6 Å². The molecule has 49 heavy (non-hydrogen) atoms. The molecule has 6 fully saturated rings. The molecule has 2 aromatic rings. The molecule has 4 aliphatic carbocycles. The van der Waals surface area contributed by atoms with Crippen LogP contribution in [0.3, 0.4) is 0 Å². The van der Waals surface area contributed by atoms with Gasteiger partial charge in [-0.1, -0.05) is 18.2 Å². The van der Waals surface area contributed by atoms with Crippen LogP contribution in [0.1, 0.15) is 85.0 Å². The molecule has 0 radical (unpaired) electrons. The Balaban J connectivity index is 1.02. The molecule has 12 heteroatoms. The highest BCUT2D eigenvalue weighted by Gasteiger charge is 2.83. The van der Waals surface area contributed by atoms with Crippen LogP contribution >= 0.6 is 0 Å². The average Bonchev–Trinajstić information content (AvgIpc) is 3.69. The van der Waals surface area contributed by atoms with Gasteiger partial charge in [-0.05, 0) is 116 Å². The number of nitrogens with zero attached hydrogens (tertiary/aromatic N) is 3. The SMILES string of the molecule is O=C(NC1(C(=O)O)C2CC3CC4CC1C34C2)c1cnc(N2CC3(CCOCC3)c3cc(/C=C/CC4CCOCC4)ccc32)nc1C(F)(F)F. The van der Waals surface area contributed by atoms with E-state index < -0.39 is 34.8 Å². The quantitative estimate of drug-likeness (QED) is 0.359. The number of anilines is 2. The number of carbonyl (C=O) groups excluding carboxylic acids is 1. The Kier molecular flexibility index (Phi) is 7.06. The predicted octanol–water partition coefficient (Wildman–Crippen LogP) is 6.14. The number of aliphatic carboxylic acids is 1. The number of benzene rings is 1. The van der Waals surface area contributed by atoms with Crippen molar-refractivity contribution in [3.8, 4) is 0 Å². The molecule has 2 spiro atoms. The van der Waals surface area contributed by atoms with Crippen molar-refractivity contribution in [2.24, 2.45) is 35.0 Å². The second-order valence-electron chi connectivity index (χ2n) is 15.7. The average molecular weight is 679 g/mol. The van der Waals surface area contributed by atoms with Gasteiger partial charge in [-0.3, -0.25) is 4.79 Å². The van der Waals surface area contributed by atoms with Crippen molar-refractivity contribution in [2.45, 2.75) is 74.9 Å². The summed E-state index contributed by atoms with van der Waals surface area (Å²) >= 11 is 0. The van der Waals surface area contributed by atoms with E-state index in [2.05, 4.69) is 33.5 Å². The Morgan fingerprint density at radius 3 is 2.49 bits per heavy atom. The summed E-state index contributed by atoms with van der Waals surface area (Å²) in [7, 11) is 0. The van der Waals surface area contributed by atoms with Gasteiger partial charge in [0.15, 0.2) is 5.69 Å². The maximum absolute atomic E-state index is 14.7. The normalized spacial score (nSPS) is 34.1. The smallest absolute Gasteiger partial charge is 0.434 e. The van der Waals surface area contributed by atoms with Gasteiger partial charge in [-0.15, -0.1) is 0 Å². The number of halogens is 3. The molecule has 2 N–H and O–H groups in total. The van der Waals surface area contributed by atoms with Crippen molar-refractivity contribution in [2.75, 3.05) is 37.9 Å². The first-order chi connectivity index (χ1) is 23.5. The lowest BCUT2D eigenvalue weighted by Gasteiger charge is -2.69. The fraction of sp³-hybridized carbons (Fsp3) is 0.622. The summed E-state index contributed by atoms with van der Waals surface area (Å²) in [6.45, 7) is 3.07. The summed E-state index contributed by atoms with van der Waals surface area (Å²) < 4.78 is 55.3. The molecule has 6 atom stereocenters. The Hall–Kier alpha value is -3.51. The van der Waals surface area contributed by atoms with Gasteiger partial charge in [0.2, 0.25) is 5.95 Å². The minimum atomic E-state index is -4.97. The van der Waals surface area contributed by atoms with E-state index >= 15 is 0 Å². The van der Waals surface area contributed by atoms with Crippen molar-refractivity contribution in [3.63, 3.8) is 0 Å². The van der Waals surface area contributed by atoms with Gasteiger partial charge in [0.05, 0.1) is 5.56 Å². The van der Waals surface area contributed by atoms with Crippen LogP contribution in [0.25, 0.3) is 6.08 Å². The van der Waals surface area contributed by atoms with E-state index in [1.54, 1.807) is 4.90 Å². The molecule has 4 saturated carbocycles. The molecule has 260 valence electrons. The number of allylic oxidation sites excluding steroid dienone is 1. The third kappa shape index (κ3) is 4.51.